The van der Waals surface area contributed by atoms with Gasteiger partial charge in [0.25, 0.3) is 0 Å². The van der Waals surface area contributed by atoms with Gasteiger partial charge in [0.05, 0.1) is 12.1 Å². The molecule has 21 heavy (non-hydrogen) atoms. The number of halogens is 1. The lowest BCUT2D eigenvalue weighted by Crippen LogP contribution is -2.15. The van der Waals surface area contributed by atoms with Gasteiger partial charge in [-0.15, -0.1) is 23.1 Å². The Morgan fingerprint density at radius 1 is 1.52 bits per heavy atom. The third-order valence-corrected chi connectivity index (χ3v) is 4.95. The molecule has 3 rings (SSSR count). The molecule has 0 aliphatic carbocycles. The van der Waals surface area contributed by atoms with E-state index >= 15 is 0 Å². The number of nitrogens with one attached hydrogen (secondary N) is 2. The van der Waals surface area contributed by atoms with Crippen molar-refractivity contribution in [2.24, 2.45) is 0 Å². The SMILES string of the molecule is CSc1ccc(CC(=O)Nc2nc3c(s2)CNC3)c(F)c1. The molecule has 0 saturated heterocycles. The van der Waals surface area contributed by atoms with Crippen LogP contribution in [0.5, 0.6) is 0 Å². The van der Waals surface area contributed by atoms with Crippen molar-refractivity contribution in [1.29, 1.82) is 0 Å². The molecular formula is C14H14FN3OS2. The highest BCUT2D eigenvalue weighted by Crippen LogP contribution is 2.26. The minimum Gasteiger partial charge on any atom is -0.306 e. The van der Waals surface area contributed by atoms with Gasteiger partial charge in [-0.05, 0) is 24.0 Å². The van der Waals surface area contributed by atoms with Crippen LogP contribution < -0.4 is 10.6 Å². The average Bonchev–Trinajstić information content (AvgIpc) is 3.02. The van der Waals surface area contributed by atoms with E-state index in [0.717, 1.165) is 28.6 Å². The summed E-state index contributed by atoms with van der Waals surface area (Å²) >= 11 is 2.94. The number of benzene rings is 1. The first-order valence-corrected chi connectivity index (χ1v) is 8.51. The highest BCUT2D eigenvalue weighted by molar-refractivity contribution is 7.98. The van der Waals surface area contributed by atoms with E-state index in [0.29, 0.717) is 10.7 Å². The van der Waals surface area contributed by atoms with Gasteiger partial charge in [0, 0.05) is 22.9 Å². The lowest BCUT2D eigenvalue weighted by atomic mass is 10.1. The number of thioether (sulfide) groups is 1. The molecule has 0 atom stereocenters. The first kappa shape index (κ1) is 14.5. The molecule has 4 nitrogen and oxygen atoms in total. The van der Waals surface area contributed by atoms with Gasteiger partial charge < -0.3 is 10.6 Å². The fraction of sp³-hybridized carbons (Fsp3) is 0.286. The Hall–Kier alpha value is -1.44. The van der Waals surface area contributed by atoms with Crippen molar-refractivity contribution in [1.82, 2.24) is 10.3 Å². The second-order valence-corrected chi connectivity index (χ2v) is 6.64. The highest BCUT2D eigenvalue weighted by Gasteiger charge is 2.17. The molecule has 110 valence electrons. The van der Waals surface area contributed by atoms with E-state index in [-0.39, 0.29) is 18.1 Å². The zero-order valence-electron chi connectivity index (χ0n) is 11.4. The van der Waals surface area contributed by atoms with Crippen molar-refractivity contribution >= 4 is 34.1 Å². The molecule has 0 fully saturated rings. The predicted octanol–water partition coefficient (Wildman–Crippen LogP) is 2.79. The van der Waals surface area contributed by atoms with Gasteiger partial charge in [0.2, 0.25) is 5.91 Å². The number of rotatable bonds is 4. The summed E-state index contributed by atoms with van der Waals surface area (Å²) in [7, 11) is 0. The Labute approximate surface area is 130 Å². The maximum Gasteiger partial charge on any atom is 0.230 e. The van der Waals surface area contributed by atoms with E-state index in [1.165, 1.54) is 29.2 Å². The topological polar surface area (TPSA) is 54.0 Å². The zero-order chi connectivity index (χ0) is 14.8. The molecule has 0 spiro atoms. The Balaban J connectivity index is 1.66. The molecule has 1 aliphatic rings. The van der Waals surface area contributed by atoms with Gasteiger partial charge in [-0.2, -0.15) is 0 Å². The number of anilines is 1. The lowest BCUT2D eigenvalue weighted by Gasteiger charge is -2.05. The number of carbonyl (C=O) groups excluding carboxylic acids is 1. The summed E-state index contributed by atoms with van der Waals surface area (Å²) in [5.74, 6) is -0.589. The summed E-state index contributed by atoms with van der Waals surface area (Å²) in [6.45, 7) is 1.54. The van der Waals surface area contributed by atoms with Crippen molar-refractivity contribution < 1.29 is 9.18 Å². The third-order valence-electron chi connectivity index (χ3n) is 3.21. The van der Waals surface area contributed by atoms with E-state index < -0.39 is 0 Å². The summed E-state index contributed by atoms with van der Waals surface area (Å²) in [5, 5.41) is 6.52. The molecule has 0 saturated carbocycles. The quantitative estimate of drug-likeness (QED) is 0.850. The first-order chi connectivity index (χ1) is 10.2. The molecule has 2 heterocycles. The summed E-state index contributed by atoms with van der Waals surface area (Å²) in [6.07, 6.45) is 1.90. The smallest absolute Gasteiger partial charge is 0.230 e. The summed E-state index contributed by atoms with van der Waals surface area (Å²) in [5.41, 5.74) is 1.39. The maximum absolute atomic E-state index is 13.9. The van der Waals surface area contributed by atoms with Crippen molar-refractivity contribution in [2.45, 2.75) is 24.4 Å². The number of amides is 1. The minimum absolute atomic E-state index is 0.0169. The number of fused-ring (bicyclic) bond motifs is 1. The minimum atomic E-state index is -0.345. The second kappa shape index (κ2) is 6.13. The predicted molar refractivity (Wildman–Crippen MR) is 83.2 cm³/mol. The van der Waals surface area contributed by atoms with E-state index in [2.05, 4.69) is 15.6 Å². The normalized spacial score (nSPS) is 13.2. The number of aromatic nitrogens is 1. The van der Waals surface area contributed by atoms with Crippen LogP contribution in [0.1, 0.15) is 16.1 Å². The monoisotopic (exact) mass is 323 g/mol. The van der Waals surface area contributed by atoms with Crippen LogP contribution in [0.3, 0.4) is 0 Å². The Morgan fingerprint density at radius 2 is 2.38 bits per heavy atom. The van der Waals surface area contributed by atoms with Gasteiger partial charge in [0.1, 0.15) is 5.82 Å². The van der Waals surface area contributed by atoms with Gasteiger partial charge in [-0.25, -0.2) is 9.37 Å². The number of carbonyl (C=O) groups is 1. The number of hydrogen-bond acceptors (Lipinski definition) is 5. The molecular weight excluding hydrogens is 309 g/mol. The number of thiazole rings is 1. The van der Waals surface area contributed by atoms with Gasteiger partial charge in [0.15, 0.2) is 5.13 Å². The molecule has 0 bridgehead atoms. The lowest BCUT2D eigenvalue weighted by molar-refractivity contribution is -0.115. The second-order valence-electron chi connectivity index (χ2n) is 4.67. The van der Waals surface area contributed by atoms with Crippen molar-refractivity contribution in [2.75, 3.05) is 11.6 Å². The third kappa shape index (κ3) is 3.25. The Bertz CT molecular complexity index is 665. The van der Waals surface area contributed by atoms with Crippen LogP contribution in [0.2, 0.25) is 0 Å². The van der Waals surface area contributed by atoms with Crippen LogP contribution >= 0.6 is 23.1 Å². The summed E-state index contributed by atoms with van der Waals surface area (Å²) in [6, 6.07) is 4.93. The molecule has 1 aromatic carbocycles. The van der Waals surface area contributed by atoms with Crippen LogP contribution in [0.25, 0.3) is 0 Å². The highest BCUT2D eigenvalue weighted by atomic mass is 32.2. The van der Waals surface area contributed by atoms with Gasteiger partial charge >= 0.3 is 0 Å². The van der Waals surface area contributed by atoms with Crippen LogP contribution in [0, 0.1) is 5.82 Å². The van der Waals surface area contributed by atoms with E-state index in [9.17, 15) is 9.18 Å². The van der Waals surface area contributed by atoms with Crippen LogP contribution in [0.15, 0.2) is 23.1 Å². The zero-order valence-corrected chi connectivity index (χ0v) is 13.0. The fourth-order valence-electron chi connectivity index (χ4n) is 2.14. The molecule has 2 aromatic rings. The molecule has 0 radical (unpaired) electrons. The van der Waals surface area contributed by atoms with E-state index in [4.69, 9.17) is 0 Å². The molecule has 1 amide bonds. The molecule has 7 heteroatoms. The molecule has 1 aliphatic heterocycles. The standard InChI is InChI=1S/C14H14FN3OS2/c1-20-9-3-2-8(10(15)5-9)4-13(19)18-14-17-11-6-16-7-12(11)21-14/h2-3,5,16H,4,6-7H2,1H3,(H,17,18,19). The fourth-order valence-corrected chi connectivity index (χ4v) is 3.53. The van der Waals surface area contributed by atoms with Gasteiger partial charge in [-0.3, -0.25) is 4.79 Å². The molecule has 0 unspecified atom stereocenters. The Kier molecular flexibility index (Phi) is 4.23. The van der Waals surface area contributed by atoms with E-state index in [1.54, 1.807) is 6.07 Å². The number of nitrogens with zero attached hydrogens (tertiary/aromatic N) is 1. The van der Waals surface area contributed by atoms with Gasteiger partial charge in [-0.1, -0.05) is 6.07 Å². The van der Waals surface area contributed by atoms with Crippen LogP contribution in [-0.2, 0) is 24.3 Å². The maximum atomic E-state index is 13.9. The van der Waals surface area contributed by atoms with Crippen molar-refractivity contribution in [3.05, 3.63) is 40.2 Å². The van der Waals surface area contributed by atoms with E-state index in [1.807, 2.05) is 12.3 Å². The largest absolute Gasteiger partial charge is 0.306 e. The van der Waals surface area contributed by atoms with Crippen LogP contribution in [-0.4, -0.2) is 17.1 Å². The number of hydrogen-bond donors (Lipinski definition) is 2. The first-order valence-electron chi connectivity index (χ1n) is 6.47. The summed E-state index contributed by atoms with van der Waals surface area (Å²) < 4.78 is 13.9. The molecule has 2 N–H and O–H groups in total. The Morgan fingerprint density at radius 3 is 3.10 bits per heavy atom. The molecule has 1 aromatic heterocycles. The summed E-state index contributed by atoms with van der Waals surface area (Å²) in [4.78, 5) is 18.3. The average molecular weight is 323 g/mol. The van der Waals surface area contributed by atoms with Crippen LogP contribution in [0.4, 0.5) is 9.52 Å². The van der Waals surface area contributed by atoms with Crippen molar-refractivity contribution in [3.8, 4) is 0 Å². The van der Waals surface area contributed by atoms with Crippen molar-refractivity contribution in [3.63, 3.8) is 0 Å².